The number of morpholine rings is 1. The molecule has 36 heavy (non-hydrogen) atoms. The molecule has 2 N–H and O–H groups in total. The van der Waals surface area contributed by atoms with Gasteiger partial charge in [-0.2, -0.15) is 0 Å². The van der Waals surface area contributed by atoms with Gasteiger partial charge in [0.25, 0.3) is 0 Å². The Kier molecular flexibility index (Phi) is 7.57. The zero-order chi connectivity index (χ0) is 26.0. The van der Waals surface area contributed by atoms with Gasteiger partial charge in [0, 0.05) is 42.6 Å². The minimum absolute atomic E-state index is 0.0276. The van der Waals surface area contributed by atoms with Crippen LogP contribution in [0.5, 0.6) is 0 Å². The van der Waals surface area contributed by atoms with Crippen LogP contribution in [0.15, 0.2) is 40.7 Å². The first-order valence-electron chi connectivity index (χ1n) is 11.0. The Hall–Kier alpha value is -3.48. The quantitative estimate of drug-likeness (QED) is 0.551. The lowest BCUT2D eigenvalue weighted by Crippen LogP contribution is -2.50. The summed E-state index contributed by atoms with van der Waals surface area (Å²) >= 11 is 6.39. The molecule has 2 atom stereocenters. The Bertz CT molecular complexity index is 1250. The number of carboxylic acid groups (broad SMARTS) is 1. The number of benzene rings is 1. The van der Waals surface area contributed by atoms with Crippen LogP contribution in [0.2, 0.25) is 5.02 Å². The van der Waals surface area contributed by atoms with Crippen molar-refractivity contribution < 1.29 is 33.3 Å². The van der Waals surface area contributed by atoms with Gasteiger partial charge in [0.1, 0.15) is 11.9 Å². The number of hydrogen-bond donors (Lipinski definition) is 2. The number of rotatable bonds is 6. The zero-order valence-electron chi connectivity index (χ0n) is 19.8. The van der Waals surface area contributed by atoms with Gasteiger partial charge in [0.15, 0.2) is 17.9 Å². The van der Waals surface area contributed by atoms with Crippen LogP contribution in [0.4, 0.5) is 9.18 Å². The molecule has 1 aromatic carbocycles. The maximum absolute atomic E-state index is 13.8. The van der Waals surface area contributed by atoms with E-state index in [9.17, 15) is 14.0 Å². The van der Waals surface area contributed by atoms with Crippen molar-refractivity contribution in [2.24, 2.45) is 12.0 Å². The molecule has 0 bridgehead atoms. The van der Waals surface area contributed by atoms with Gasteiger partial charge in [-0.15, -0.1) is 0 Å². The lowest BCUT2D eigenvalue weighted by atomic mass is 9.95. The number of carbonyl (C=O) groups excluding carboxylic acids is 1. The second-order valence-electron chi connectivity index (χ2n) is 8.26. The third-order valence-corrected chi connectivity index (χ3v) is 6.11. The number of nitrogens with zero attached hydrogens (tertiary/aromatic N) is 4. The number of halogens is 2. The summed E-state index contributed by atoms with van der Waals surface area (Å²) in [7, 11) is 3.04. The smallest absolute Gasteiger partial charge is 0.466 e. The molecule has 0 saturated carbocycles. The topological polar surface area (TPSA) is 128 Å². The third kappa shape index (κ3) is 5.35. The first-order valence-corrected chi connectivity index (χ1v) is 11.4. The van der Waals surface area contributed by atoms with Crippen molar-refractivity contribution in [1.82, 2.24) is 19.8 Å². The van der Waals surface area contributed by atoms with Gasteiger partial charge in [-0.25, -0.2) is 19.0 Å². The van der Waals surface area contributed by atoms with Gasteiger partial charge < -0.3 is 29.2 Å². The number of aliphatic imine (C=N–C) groups is 1. The summed E-state index contributed by atoms with van der Waals surface area (Å²) in [5, 5.41) is 12.4. The fourth-order valence-electron chi connectivity index (χ4n) is 4.19. The van der Waals surface area contributed by atoms with Crippen LogP contribution < -0.4 is 5.32 Å². The molecular formula is C23H25ClFN5O6. The summed E-state index contributed by atoms with van der Waals surface area (Å²) in [6.45, 7) is 2.61. The molecule has 0 amide bonds. The molecule has 11 nitrogen and oxygen atoms in total. The van der Waals surface area contributed by atoms with E-state index in [0.717, 1.165) is 11.8 Å². The molecule has 0 aliphatic carbocycles. The van der Waals surface area contributed by atoms with E-state index in [1.54, 1.807) is 16.5 Å². The van der Waals surface area contributed by atoms with E-state index < -0.39 is 30.2 Å². The highest BCUT2D eigenvalue weighted by molar-refractivity contribution is 6.31. The molecular weight excluding hydrogens is 497 g/mol. The molecule has 2 aromatic rings. The van der Waals surface area contributed by atoms with Gasteiger partial charge in [-0.05, 0) is 19.1 Å². The monoisotopic (exact) mass is 521 g/mol. The van der Waals surface area contributed by atoms with E-state index in [2.05, 4.69) is 10.3 Å². The fraction of sp³-hybridized carbons (Fsp3) is 0.391. The maximum Gasteiger partial charge on any atom is 0.507 e. The van der Waals surface area contributed by atoms with Crippen molar-refractivity contribution in [3.63, 3.8) is 0 Å². The first-order chi connectivity index (χ1) is 17.2. The molecule has 4 rings (SSSR count). The molecule has 0 unspecified atom stereocenters. The fourth-order valence-corrected chi connectivity index (χ4v) is 4.46. The number of carbonyl (C=O) groups is 2. The van der Waals surface area contributed by atoms with E-state index in [4.69, 9.17) is 35.9 Å². The molecule has 2 aliphatic heterocycles. The van der Waals surface area contributed by atoms with Crippen molar-refractivity contribution in [2.45, 2.75) is 19.2 Å². The highest BCUT2D eigenvalue weighted by Gasteiger charge is 2.36. The number of methoxy groups -OCH3 is 1. The number of aryl methyl sites for hydroxylation is 2. The van der Waals surface area contributed by atoms with E-state index in [1.807, 2.05) is 13.1 Å². The largest absolute Gasteiger partial charge is 0.507 e. The van der Waals surface area contributed by atoms with Crippen molar-refractivity contribution >= 4 is 29.6 Å². The van der Waals surface area contributed by atoms with Gasteiger partial charge in [-0.1, -0.05) is 17.7 Å². The Morgan fingerprint density at radius 2 is 2.17 bits per heavy atom. The Balaban J connectivity index is 1.84. The van der Waals surface area contributed by atoms with E-state index >= 15 is 0 Å². The number of hydrogen-bond acceptors (Lipinski definition) is 9. The standard InChI is InChI=1S/C23H25ClFN5O6/c1-12-9-29(2)21(26-12)20-27-16(10-30-6-7-35-11-17(30)36-23(32)33)18(22(31)34-3)19(28-20)14-5-4-13(25)8-15(14)24/h4-5,8-9,17,19H,6-7,10-11H2,1-3H3,(H,27,28)(H,32,33)/t17-,19+/m0/s1. The van der Waals surface area contributed by atoms with Crippen LogP contribution in [-0.4, -0.2) is 77.2 Å². The molecule has 3 heterocycles. The molecule has 0 radical (unpaired) electrons. The van der Waals surface area contributed by atoms with Crippen LogP contribution in [0.1, 0.15) is 23.1 Å². The van der Waals surface area contributed by atoms with E-state index in [-0.39, 0.29) is 23.7 Å². The molecule has 0 spiro atoms. The van der Waals surface area contributed by atoms with Crippen LogP contribution in [0.3, 0.4) is 0 Å². The number of aromatic nitrogens is 2. The summed E-state index contributed by atoms with van der Waals surface area (Å²) in [6.07, 6.45) is -0.525. The van der Waals surface area contributed by atoms with Crippen LogP contribution in [0, 0.1) is 12.7 Å². The number of nitrogens with one attached hydrogen (secondary N) is 1. The highest BCUT2D eigenvalue weighted by Crippen LogP contribution is 2.36. The van der Waals surface area contributed by atoms with Gasteiger partial charge in [-0.3, -0.25) is 9.89 Å². The first kappa shape index (κ1) is 25.6. The van der Waals surface area contributed by atoms with E-state index in [1.165, 1.54) is 19.2 Å². The summed E-state index contributed by atoms with van der Waals surface area (Å²) in [5.74, 6) is -0.363. The Labute approximate surface area is 211 Å². The second-order valence-corrected chi connectivity index (χ2v) is 8.66. The van der Waals surface area contributed by atoms with Crippen LogP contribution in [0.25, 0.3) is 0 Å². The average Bonchev–Trinajstić information content (AvgIpc) is 3.17. The molecule has 2 aliphatic rings. The number of amidine groups is 1. The average molecular weight is 522 g/mol. The number of ether oxygens (including phenoxy) is 3. The molecule has 1 fully saturated rings. The third-order valence-electron chi connectivity index (χ3n) is 5.79. The van der Waals surface area contributed by atoms with E-state index in [0.29, 0.717) is 36.1 Å². The molecule has 1 saturated heterocycles. The second kappa shape index (κ2) is 10.6. The van der Waals surface area contributed by atoms with Crippen molar-refractivity contribution in [2.75, 3.05) is 33.4 Å². The SMILES string of the molecule is COC(=O)C1=C(CN2CCOC[C@@H]2OC(=O)O)NC(c2nc(C)cn2C)=N[C@@H]1c1ccc(F)cc1Cl. The Morgan fingerprint density at radius 1 is 1.39 bits per heavy atom. The van der Waals surface area contributed by atoms with Gasteiger partial charge in [0.2, 0.25) is 0 Å². The van der Waals surface area contributed by atoms with Crippen molar-refractivity contribution in [3.05, 3.63) is 63.6 Å². The molecule has 1 aromatic heterocycles. The summed E-state index contributed by atoms with van der Waals surface area (Å²) in [5.41, 5.74) is 1.67. The maximum atomic E-state index is 13.8. The lowest BCUT2D eigenvalue weighted by Gasteiger charge is -2.36. The summed E-state index contributed by atoms with van der Waals surface area (Å²) in [6, 6.07) is 2.89. The minimum Gasteiger partial charge on any atom is -0.466 e. The summed E-state index contributed by atoms with van der Waals surface area (Å²) in [4.78, 5) is 35.3. The highest BCUT2D eigenvalue weighted by atomic mass is 35.5. The van der Waals surface area contributed by atoms with Crippen LogP contribution >= 0.6 is 11.6 Å². The number of imidazole rings is 1. The van der Waals surface area contributed by atoms with Crippen molar-refractivity contribution in [3.8, 4) is 0 Å². The minimum atomic E-state index is -1.45. The summed E-state index contributed by atoms with van der Waals surface area (Å²) < 4.78 is 31.0. The predicted octanol–water partition coefficient (Wildman–Crippen LogP) is 2.39. The van der Waals surface area contributed by atoms with Gasteiger partial charge >= 0.3 is 12.1 Å². The number of esters is 1. The molecule has 192 valence electrons. The van der Waals surface area contributed by atoms with Crippen LogP contribution in [-0.2, 0) is 26.1 Å². The predicted molar refractivity (Wildman–Crippen MR) is 126 cm³/mol. The van der Waals surface area contributed by atoms with Gasteiger partial charge in [0.05, 0.1) is 31.6 Å². The lowest BCUT2D eigenvalue weighted by molar-refractivity contribution is -0.136. The Morgan fingerprint density at radius 3 is 2.81 bits per heavy atom. The molecule has 13 heteroatoms. The van der Waals surface area contributed by atoms with Crippen molar-refractivity contribution in [1.29, 1.82) is 0 Å². The normalized spacial score (nSPS) is 20.5. The zero-order valence-corrected chi connectivity index (χ0v) is 20.6.